The lowest BCUT2D eigenvalue weighted by molar-refractivity contribution is -0.138. The minimum absolute atomic E-state index is 0.0264. The minimum atomic E-state index is -4.81. The summed E-state index contributed by atoms with van der Waals surface area (Å²) in [5, 5.41) is 15.5. The molecule has 2 N–H and O–H groups in total. The van der Waals surface area contributed by atoms with Crippen LogP contribution in [0.25, 0.3) is 0 Å². The van der Waals surface area contributed by atoms with Crippen molar-refractivity contribution in [2.45, 2.75) is 140 Å². The van der Waals surface area contributed by atoms with Gasteiger partial charge in [0.15, 0.2) is 16.6 Å². The summed E-state index contributed by atoms with van der Waals surface area (Å²) in [6, 6.07) is 9.36. The standard InChI is InChI=1S/C42H52F3N7O5S/c1-25-17-33(18-26(2)50(25)24-38(55)49-29-9-5-8-28(19-29)48-35-15-14-32(53)21-37(35)54)57-16-6-7-27-10-12-30(13-11-27)52-40(58)51(39(56)41(52,3)4)31-20-34(42(43,44)45)36(22-46)47-23-31/h5,8-9,19-20,23,25-27,30,33,35,48H,6-7,10-18,21,24H2,1-4H3,(H,49,55)/t25-,26+,27?,30?,33?,35?. The van der Waals surface area contributed by atoms with Gasteiger partial charge < -0.3 is 20.3 Å². The summed E-state index contributed by atoms with van der Waals surface area (Å²) in [6.45, 7) is 8.60. The molecule has 0 radical (unpaired) electrons. The largest absolute Gasteiger partial charge is 0.419 e. The van der Waals surface area contributed by atoms with Crippen LogP contribution in [0, 0.1) is 17.2 Å². The first kappa shape index (κ1) is 43.1. The Kier molecular flexibility index (Phi) is 13.2. The molecule has 4 fully saturated rings. The summed E-state index contributed by atoms with van der Waals surface area (Å²) in [6.07, 6.45) is 4.19. The number of anilines is 3. The van der Waals surface area contributed by atoms with Gasteiger partial charge in [0, 0.05) is 42.5 Å². The second-order valence-electron chi connectivity index (χ2n) is 16.7. The molecule has 6 rings (SSSR count). The van der Waals surface area contributed by atoms with Crippen LogP contribution in [0.2, 0.25) is 0 Å². The van der Waals surface area contributed by atoms with Gasteiger partial charge in [0.05, 0.1) is 42.6 Å². The second-order valence-corrected chi connectivity index (χ2v) is 17.1. The number of Topliss-reactive ketones (excluding diaryl/α,β-unsaturated/α-hetero) is 2. The van der Waals surface area contributed by atoms with Crippen molar-refractivity contribution < 1.29 is 37.1 Å². The van der Waals surface area contributed by atoms with Crippen molar-refractivity contribution in [2.24, 2.45) is 5.92 Å². The van der Waals surface area contributed by atoms with E-state index >= 15 is 0 Å². The molecule has 0 bridgehead atoms. The van der Waals surface area contributed by atoms with E-state index in [0.29, 0.717) is 36.7 Å². The van der Waals surface area contributed by atoms with Crippen molar-refractivity contribution in [1.29, 1.82) is 5.26 Å². The zero-order valence-corrected chi connectivity index (χ0v) is 34.3. The summed E-state index contributed by atoms with van der Waals surface area (Å²) in [4.78, 5) is 59.5. The van der Waals surface area contributed by atoms with Crippen LogP contribution in [0.15, 0.2) is 36.5 Å². The summed E-state index contributed by atoms with van der Waals surface area (Å²) in [5.41, 5.74) is -1.78. The molecule has 4 atom stereocenters. The molecule has 12 nitrogen and oxygen atoms in total. The number of nitriles is 1. The third-order valence-electron chi connectivity index (χ3n) is 12.2. The van der Waals surface area contributed by atoms with E-state index in [1.165, 1.54) is 6.07 Å². The molecule has 2 aliphatic carbocycles. The maximum absolute atomic E-state index is 13.7. The Morgan fingerprint density at radius 2 is 1.74 bits per heavy atom. The number of aromatic nitrogens is 1. The predicted octanol–water partition coefficient (Wildman–Crippen LogP) is 7.02. The maximum Gasteiger partial charge on any atom is 0.419 e. The molecule has 58 heavy (non-hydrogen) atoms. The molecule has 2 aromatic rings. The fourth-order valence-corrected chi connectivity index (χ4v) is 9.70. The third kappa shape index (κ3) is 9.69. The van der Waals surface area contributed by atoms with Gasteiger partial charge in [-0.05, 0) is 128 Å². The van der Waals surface area contributed by atoms with Crippen LogP contribution in [0.1, 0.15) is 110 Å². The highest BCUT2D eigenvalue weighted by molar-refractivity contribution is 7.80. The van der Waals surface area contributed by atoms with E-state index in [-0.39, 0.29) is 65.5 Å². The fraction of sp³-hybridized carbons (Fsp3) is 0.595. The molecule has 1 aromatic heterocycles. The van der Waals surface area contributed by atoms with Crippen molar-refractivity contribution in [1.82, 2.24) is 14.8 Å². The van der Waals surface area contributed by atoms with Crippen molar-refractivity contribution in [3.8, 4) is 6.07 Å². The number of rotatable bonds is 12. The summed E-state index contributed by atoms with van der Waals surface area (Å²) >= 11 is 5.73. The van der Waals surface area contributed by atoms with Crippen LogP contribution >= 0.6 is 12.2 Å². The molecule has 2 aliphatic heterocycles. The normalized spacial score (nSPS) is 26.8. The molecular formula is C42H52F3N7O5S. The third-order valence-corrected chi connectivity index (χ3v) is 12.6. The molecule has 2 unspecified atom stereocenters. The fourth-order valence-electron chi connectivity index (χ4n) is 9.13. The van der Waals surface area contributed by atoms with Gasteiger partial charge in [-0.2, -0.15) is 18.4 Å². The molecule has 1 aromatic carbocycles. The molecule has 0 spiro atoms. The lowest BCUT2D eigenvalue weighted by Gasteiger charge is -2.42. The van der Waals surface area contributed by atoms with Gasteiger partial charge in [0.2, 0.25) is 5.91 Å². The summed E-state index contributed by atoms with van der Waals surface area (Å²) in [7, 11) is 0. The Bertz CT molecular complexity index is 1930. The number of likely N-dealkylation sites (tertiary alicyclic amines) is 1. The number of halogens is 3. The predicted molar refractivity (Wildman–Crippen MR) is 216 cm³/mol. The van der Waals surface area contributed by atoms with Gasteiger partial charge in [-0.15, -0.1) is 0 Å². The Balaban J connectivity index is 0.919. The number of pyridine rings is 1. The van der Waals surface area contributed by atoms with Crippen molar-refractivity contribution in [2.75, 3.05) is 28.7 Å². The van der Waals surface area contributed by atoms with E-state index < -0.39 is 34.9 Å². The molecule has 2 amide bonds. The average Bonchev–Trinajstić information content (AvgIpc) is 3.34. The zero-order chi connectivity index (χ0) is 41.9. The number of amides is 2. The molecular weight excluding hydrogens is 772 g/mol. The lowest BCUT2D eigenvalue weighted by atomic mass is 9.82. The van der Waals surface area contributed by atoms with E-state index in [1.807, 2.05) is 23.1 Å². The summed E-state index contributed by atoms with van der Waals surface area (Å²) in [5.74, 6) is -0.200. The Labute approximate surface area is 342 Å². The molecule has 2 saturated carbocycles. The van der Waals surface area contributed by atoms with Crippen molar-refractivity contribution in [3.05, 3.63) is 47.8 Å². The van der Waals surface area contributed by atoms with Gasteiger partial charge in [-0.3, -0.25) is 29.0 Å². The molecule has 3 heterocycles. The highest BCUT2D eigenvalue weighted by atomic mass is 32.1. The van der Waals surface area contributed by atoms with Crippen LogP contribution in [-0.2, 0) is 30.1 Å². The first-order valence-corrected chi connectivity index (χ1v) is 20.6. The lowest BCUT2D eigenvalue weighted by Crippen LogP contribution is -2.51. The number of piperidine rings is 1. The average molecular weight is 824 g/mol. The topological polar surface area (TPSA) is 148 Å². The smallest absolute Gasteiger partial charge is 0.378 e. The number of nitrogens with one attached hydrogen (secondary N) is 2. The number of alkyl halides is 3. The number of thiocarbonyl (C=S) groups is 1. The zero-order valence-electron chi connectivity index (χ0n) is 33.4. The monoisotopic (exact) mass is 823 g/mol. The highest BCUT2D eigenvalue weighted by Crippen LogP contribution is 2.41. The van der Waals surface area contributed by atoms with Crippen LogP contribution < -0.4 is 15.5 Å². The number of ether oxygens (including phenoxy) is 1. The molecule has 2 saturated heterocycles. The first-order chi connectivity index (χ1) is 27.5. The van der Waals surface area contributed by atoms with Gasteiger partial charge >= 0.3 is 6.18 Å². The number of carbonyl (C=O) groups is 4. The Morgan fingerprint density at radius 1 is 1.05 bits per heavy atom. The quantitative estimate of drug-likeness (QED) is 0.129. The summed E-state index contributed by atoms with van der Waals surface area (Å²) < 4.78 is 47.4. The number of nitrogens with zero attached hydrogens (tertiary/aromatic N) is 5. The first-order valence-electron chi connectivity index (χ1n) is 20.2. The molecule has 16 heteroatoms. The van der Waals surface area contributed by atoms with Crippen LogP contribution in [0.5, 0.6) is 0 Å². The van der Waals surface area contributed by atoms with E-state index in [9.17, 15) is 32.3 Å². The SMILES string of the molecule is C[C@@H]1CC(OCCCC2CCC(N3C(=S)N(c4cnc(C#N)c(C(F)(F)F)c4)C(=O)C3(C)C)CC2)C[C@H](C)N1CC(=O)Nc1cccc(NC2CCC(=O)CC2=O)c1. The minimum Gasteiger partial charge on any atom is -0.378 e. The van der Waals surface area contributed by atoms with E-state index in [0.717, 1.165) is 68.5 Å². The van der Waals surface area contributed by atoms with Crippen LogP contribution in [0.3, 0.4) is 0 Å². The number of hydrogen-bond donors (Lipinski definition) is 2. The van der Waals surface area contributed by atoms with Gasteiger partial charge in [0.25, 0.3) is 5.91 Å². The van der Waals surface area contributed by atoms with Crippen LogP contribution in [0.4, 0.5) is 30.2 Å². The molecule has 312 valence electrons. The number of carbonyl (C=O) groups excluding carboxylic acids is 4. The van der Waals surface area contributed by atoms with Gasteiger partial charge in [-0.25, -0.2) is 4.98 Å². The Hall–Kier alpha value is -4.46. The Morgan fingerprint density at radius 3 is 2.40 bits per heavy atom. The number of ketones is 2. The number of benzene rings is 1. The van der Waals surface area contributed by atoms with Crippen LogP contribution in [-0.4, -0.2) is 92.2 Å². The maximum atomic E-state index is 13.7. The van der Waals surface area contributed by atoms with E-state index in [2.05, 4.69) is 34.4 Å². The second kappa shape index (κ2) is 17.8. The van der Waals surface area contributed by atoms with Gasteiger partial charge in [0.1, 0.15) is 17.4 Å². The van der Waals surface area contributed by atoms with Crippen molar-refractivity contribution >= 4 is 57.8 Å². The van der Waals surface area contributed by atoms with E-state index in [1.54, 1.807) is 19.9 Å². The van der Waals surface area contributed by atoms with Gasteiger partial charge in [-0.1, -0.05) is 6.07 Å². The van der Waals surface area contributed by atoms with E-state index in [4.69, 9.17) is 22.2 Å². The van der Waals surface area contributed by atoms with Crippen molar-refractivity contribution in [3.63, 3.8) is 0 Å². The number of hydrogen-bond acceptors (Lipinski definition) is 10. The highest BCUT2D eigenvalue weighted by Gasteiger charge is 2.53. The molecule has 4 aliphatic rings.